The van der Waals surface area contributed by atoms with E-state index in [4.69, 9.17) is 0 Å². The molecule has 0 bridgehead atoms. The molecule has 0 saturated carbocycles. The summed E-state index contributed by atoms with van der Waals surface area (Å²) in [6, 6.07) is 0. The first-order chi connectivity index (χ1) is 9.29. The molecular formula is C12H14N6S. The molecule has 4 heterocycles. The molecule has 0 unspecified atom stereocenters. The molecule has 1 aliphatic rings. The van der Waals surface area contributed by atoms with Crippen LogP contribution in [0.15, 0.2) is 17.8 Å². The van der Waals surface area contributed by atoms with E-state index in [-0.39, 0.29) is 0 Å². The minimum absolute atomic E-state index is 0.853. The second kappa shape index (κ2) is 4.14. The first-order valence-corrected chi connectivity index (χ1v) is 7.20. The summed E-state index contributed by atoms with van der Waals surface area (Å²) in [7, 11) is 0. The van der Waals surface area contributed by atoms with Crippen LogP contribution in [0.25, 0.3) is 4.96 Å². The molecule has 19 heavy (non-hydrogen) atoms. The van der Waals surface area contributed by atoms with Gasteiger partial charge in [0.15, 0.2) is 4.96 Å². The Kier molecular flexibility index (Phi) is 2.42. The lowest BCUT2D eigenvalue weighted by Gasteiger charge is -2.26. The van der Waals surface area contributed by atoms with E-state index in [1.165, 1.54) is 0 Å². The number of aromatic nitrogens is 5. The van der Waals surface area contributed by atoms with Crippen LogP contribution >= 0.6 is 11.3 Å². The molecule has 4 rings (SSSR count). The Balaban J connectivity index is 1.54. The van der Waals surface area contributed by atoms with Crippen molar-refractivity contribution in [1.82, 2.24) is 29.0 Å². The summed E-state index contributed by atoms with van der Waals surface area (Å²) in [4.78, 5) is 8.06. The van der Waals surface area contributed by atoms with Crippen LogP contribution in [0, 0.1) is 6.92 Å². The monoisotopic (exact) mass is 274 g/mol. The van der Waals surface area contributed by atoms with E-state index in [9.17, 15) is 0 Å². The maximum absolute atomic E-state index is 4.62. The summed E-state index contributed by atoms with van der Waals surface area (Å²) in [5.74, 6) is 2.07. The Morgan fingerprint density at radius 1 is 1.32 bits per heavy atom. The van der Waals surface area contributed by atoms with Gasteiger partial charge in [-0.2, -0.15) is 0 Å². The van der Waals surface area contributed by atoms with E-state index in [1.807, 2.05) is 13.1 Å². The van der Waals surface area contributed by atoms with Crippen LogP contribution in [0.2, 0.25) is 0 Å². The lowest BCUT2D eigenvalue weighted by molar-refractivity contribution is 0.206. The van der Waals surface area contributed by atoms with E-state index >= 15 is 0 Å². The molecule has 0 spiro atoms. The summed E-state index contributed by atoms with van der Waals surface area (Å²) < 4.78 is 4.28. The first-order valence-electron chi connectivity index (χ1n) is 6.32. The average molecular weight is 274 g/mol. The molecule has 6 nitrogen and oxygen atoms in total. The smallest absolute Gasteiger partial charge is 0.193 e. The molecule has 3 aromatic heterocycles. The van der Waals surface area contributed by atoms with E-state index in [0.717, 1.165) is 48.5 Å². The van der Waals surface area contributed by atoms with Crippen LogP contribution in [0.4, 0.5) is 0 Å². The highest BCUT2D eigenvalue weighted by Crippen LogP contribution is 2.16. The fourth-order valence-corrected chi connectivity index (χ4v) is 3.29. The van der Waals surface area contributed by atoms with Gasteiger partial charge in [0.25, 0.3) is 0 Å². The molecule has 0 atom stereocenters. The standard InChI is InChI=1S/C12H14N6S/c1-9-14-15-11-8-16(2-3-18(9)11)6-10-7-17-4-5-19-12(17)13-10/h4-5,7H,2-3,6,8H2,1H3. The molecular weight excluding hydrogens is 260 g/mol. The van der Waals surface area contributed by atoms with E-state index in [1.54, 1.807) is 11.3 Å². The summed E-state index contributed by atoms with van der Waals surface area (Å²) >= 11 is 1.67. The minimum atomic E-state index is 0.853. The molecule has 0 radical (unpaired) electrons. The second-order valence-electron chi connectivity index (χ2n) is 4.85. The Morgan fingerprint density at radius 2 is 2.26 bits per heavy atom. The Morgan fingerprint density at radius 3 is 3.16 bits per heavy atom. The number of imidazole rings is 1. The Bertz CT molecular complexity index is 695. The lowest BCUT2D eigenvalue weighted by atomic mass is 10.3. The highest BCUT2D eigenvalue weighted by molar-refractivity contribution is 7.15. The number of rotatable bonds is 2. The molecule has 0 amide bonds. The maximum atomic E-state index is 4.62. The number of nitrogens with zero attached hydrogens (tertiary/aromatic N) is 6. The molecule has 0 N–H and O–H groups in total. The molecule has 3 aromatic rings. The quantitative estimate of drug-likeness (QED) is 0.707. The zero-order valence-corrected chi connectivity index (χ0v) is 11.5. The third-order valence-corrected chi connectivity index (χ3v) is 4.32. The summed E-state index contributed by atoms with van der Waals surface area (Å²) in [5.41, 5.74) is 1.12. The van der Waals surface area contributed by atoms with Crippen molar-refractivity contribution in [2.45, 2.75) is 26.6 Å². The predicted octanol–water partition coefficient (Wildman–Crippen LogP) is 1.31. The molecule has 0 aliphatic carbocycles. The van der Waals surface area contributed by atoms with Crippen LogP contribution in [0.3, 0.4) is 0 Å². The molecule has 0 saturated heterocycles. The number of aryl methyl sites for hydroxylation is 1. The average Bonchev–Trinajstić information content (AvgIpc) is 3.05. The van der Waals surface area contributed by atoms with E-state index in [0.29, 0.717) is 0 Å². The van der Waals surface area contributed by atoms with Crippen molar-refractivity contribution >= 4 is 16.3 Å². The number of thiazole rings is 1. The van der Waals surface area contributed by atoms with Crippen molar-refractivity contribution in [3.8, 4) is 0 Å². The van der Waals surface area contributed by atoms with Crippen LogP contribution < -0.4 is 0 Å². The van der Waals surface area contributed by atoms with Gasteiger partial charge in [0.05, 0.1) is 12.2 Å². The van der Waals surface area contributed by atoms with Crippen LogP contribution in [0.5, 0.6) is 0 Å². The summed E-state index contributed by atoms with van der Waals surface area (Å²) in [6.45, 7) is 5.73. The van der Waals surface area contributed by atoms with Crippen molar-refractivity contribution in [3.05, 3.63) is 35.1 Å². The molecule has 0 fully saturated rings. The Labute approximate surface area is 114 Å². The van der Waals surface area contributed by atoms with Gasteiger partial charge in [0.2, 0.25) is 0 Å². The SMILES string of the molecule is Cc1nnc2n1CCN(Cc1cn3ccsc3n1)C2. The fourth-order valence-electron chi connectivity index (χ4n) is 2.57. The summed E-state index contributed by atoms with van der Waals surface area (Å²) in [5, 5.41) is 10.4. The topological polar surface area (TPSA) is 51.2 Å². The van der Waals surface area contributed by atoms with E-state index < -0.39 is 0 Å². The van der Waals surface area contributed by atoms with Crippen molar-refractivity contribution in [1.29, 1.82) is 0 Å². The van der Waals surface area contributed by atoms with Gasteiger partial charge >= 0.3 is 0 Å². The normalized spacial score (nSPS) is 16.1. The summed E-state index contributed by atoms with van der Waals surface area (Å²) in [6.07, 6.45) is 4.16. The highest BCUT2D eigenvalue weighted by Gasteiger charge is 2.20. The second-order valence-corrected chi connectivity index (χ2v) is 5.72. The molecule has 7 heteroatoms. The minimum Gasteiger partial charge on any atom is -0.313 e. The van der Waals surface area contributed by atoms with Gasteiger partial charge in [-0.1, -0.05) is 0 Å². The molecule has 1 aliphatic heterocycles. The van der Waals surface area contributed by atoms with Gasteiger partial charge in [0.1, 0.15) is 11.6 Å². The zero-order chi connectivity index (χ0) is 12.8. The van der Waals surface area contributed by atoms with Crippen LogP contribution in [-0.2, 0) is 19.6 Å². The van der Waals surface area contributed by atoms with Crippen molar-refractivity contribution in [2.75, 3.05) is 6.54 Å². The number of hydrogen-bond acceptors (Lipinski definition) is 5. The van der Waals surface area contributed by atoms with Crippen LogP contribution in [0.1, 0.15) is 17.3 Å². The van der Waals surface area contributed by atoms with Crippen molar-refractivity contribution < 1.29 is 0 Å². The largest absolute Gasteiger partial charge is 0.313 e. The van der Waals surface area contributed by atoms with E-state index in [2.05, 4.69) is 40.6 Å². The number of fused-ring (bicyclic) bond motifs is 2. The third-order valence-electron chi connectivity index (χ3n) is 3.55. The Hall–Kier alpha value is -1.73. The third kappa shape index (κ3) is 1.85. The first kappa shape index (κ1) is 11.1. The predicted molar refractivity (Wildman–Crippen MR) is 71.9 cm³/mol. The number of hydrogen-bond donors (Lipinski definition) is 0. The lowest BCUT2D eigenvalue weighted by Crippen LogP contribution is -2.33. The van der Waals surface area contributed by atoms with Gasteiger partial charge in [-0.3, -0.25) is 9.30 Å². The fraction of sp³-hybridized carbons (Fsp3) is 0.417. The highest BCUT2D eigenvalue weighted by atomic mass is 32.1. The van der Waals surface area contributed by atoms with Gasteiger partial charge in [-0.25, -0.2) is 4.98 Å². The maximum Gasteiger partial charge on any atom is 0.193 e. The van der Waals surface area contributed by atoms with Gasteiger partial charge in [-0.15, -0.1) is 21.5 Å². The van der Waals surface area contributed by atoms with Gasteiger partial charge in [0, 0.05) is 37.4 Å². The molecule has 98 valence electrons. The molecule has 0 aromatic carbocycles. The van der Waals surface area contributed by atoms with Gasteiger partial charge in [-0.05, 0) is 6.92 Å². The van der Waals surface area contributed by atoms with Crippen LogP contribution in [-0.4, -0.2) is 35.6 Å². The zero-order valence-electron chi connectivity index (χ0n) is 10.7. The van der Waals surface area contributed by atoms with Crippen molar-refractivity contribution in [2.24, 2.45) is 0 Å². The van der Waals surface area contributed by atoms with Gasteiger partial charge < -0.3 is 4.57 Å². The van der Waals surface area contributed by atoms with Crippen molar-refractivity contribution in [3.63, 3.8) is 0 Å².